The molecule has 2 aromatic carbocycles. The van der Waals surface area contributed by atoms with Crippen LogP contribution in [0.5, 0.6) is 0 Å². The van der Waals surface area contributed by atoms with Crippen molar-refractivity contribution in [3.8, 4) is 0 Å². The minimum absolute atomic E-state index is 0.237. The molecule has 1 heterocycles. The number of hydrogen-bond donors (Lipinski definition) is 0. The van der Waals surface area contributed by atoms with Gasteiger partial charge in [-0.1, -0.05) is 41.4 Å². The van der Waals surface area contributed by atoms with Gasteiger partial charge in [-0.15, -0.1) is 0 Å². The molecule has 0 fully saturated rings. The molecule has 0 aliphatic carbocycles. The summed E-state index contributed by atoms with van der Waals surface area (Å²) in [6.45, 7) is -2.91. The average Bonchev–Trinajstić information content (AvgIpc) is 2.63. The van der Waals surface area contributed by atoms with Crippen LogP contribution in [0, 0.1) is 0 Å². The summed E-state index contributed by atoms with van der Waals surface area (Å²) in [5, 5.41) is 0.866. The van der Waals surface area contributed by atoms with Crippen LogP contribution in [0.15, 0.2) is 47.5 Å². The van der Waals surface area contributed by atoms with E-state index >= 15 is 0 Å². The number of fused-ring (bicyclic) bond motifs is 1. The van der Waals surface area contributed by atoms with Gasteiger partial charge in [0.25, 0.3) is 0 Å². The number of amides is 1. The Kier molecular flexibility index (Phi) is 2.84. The standard InChI is InChI=1S/C16H12Cl2N2O/c1-20-14-7-6-10(17)8-12(14)16(19-9-15(20)21)11-4-2-3-5-13(11)18/h2-8H,9H2,1H3/i1+1D3. The van der Waals surface area contributed by atoms with Crippen molar-refractivity contribution in [2.75, 3.05) is 18.4 Å². The van der Waals surface area contributed by atoms with E-state index < -0.39 is 12.9 Å². The van der Waals surface area contributed by atoms with Gasteiger partial charge in [0.1, 0.15) is 6.54 Å². The van der Waals surface area contributed by atoms with Crippen molar-refractivity contribution in [3.63, 3.8) is 0 Å². The first kappa shape index (κ1) is 10.8. The van der Waals surface area contributed by atoms with Crippen LogP contribution >= 0.6 is 23.2 Å². The highest BCUT2D eigenvalue weighted by Gasteiger charge is 2.23. The van der Waals surface area contributed by atoms with E-state index in [0.717, 1.165) is 4.90 Å². The van der Waals surface area contributed by atoms with Crippen LogP contribution in [0.25, 0.3) is 0 Å². The number of hydrogen-bond acceptors (Lipinski definition) is 2. The third-order valence-electron chi connectivity index (χ3n) is 3.21. The van der Waals surface area contributed by atoms with Crippen LogP contribution in [0.1, 0.15) is 15.2 Å². The summed E-state index contributed by atoms with van der Waals surface area (Å²) in [4.78, 5) is 17.5. The molecule has 0 N–H and O–H groups in total. The summed E-state index contributed by atoms with van der Waals surface area (Å²) in [5.41, 5.74) is 1.75. The highest BCUT2D eigenvalue weighted by atomic mass is 35.5. The number of carbonyl (C=O) groups excluding carboxylic acids is 1. The Morgan fingerprint density at radius 3 is 2.76 bits per heavy atom. The minimum Gasteiger partial charge on any atom is -0.313 e. The lowest BCUT2D eigenvalue weighted by molar-refractivity contribution is -0.116. The summed E-state index contributed by atoms with van der Waals surface area (Å²) >= 11 is 12.3. The number of likely N-dealkylation sites (N-methyl/N-ethyl adjacent to an activating group) is 1. The van der Waals surface area contributed by atoms with Crippen LogP contribution in [-0.4, -0.2) is 25.1 Å². The summed E-state index contributed by atoms with van der Waals surface area (Å²) in [5.74, 6) is -0.611. The van der Waals surface area contributed by atoms with Crippen molar-refractivity contribution in [2.24, 2.45) is 4.99 Å². The van der Waals surface area contributed by atoms with Crippen LogP contribution in [0.3, 0.4) is 0 Å². The first-order valence-electron chi connectivity index (χ1n) is 7.71. The Hall–Kier alpha value is -1.84. The van der Waals surface area contributed by atoms with E-state index in [0.29, 0.717) is 26.9 Å². The smallest absolute Gasteiger partial charge is 0.248 e. The molecule has 0 spiro atoms. The second kappa shape index (κ2) is 5.51. The predicted octanol–water partition coefficient (Wildman–Crippen LogP) is 3.81. The van der Waals surface area contributed by atoms with Gasteiger partial charge in [0.15, 0.2) is 0 Å². The van der Waals surface area contributed by atoms with Gasteiger partial charge in [0.05, 0.1) is 11.4 Å². The van der Waals surface area contributed by atoms with Gasteiger partial charge in [0.2, 0.25) is 5.91 Å². The molecule has 0 saturated carbocycles. The first-order chi connectivity index (χ1) is 11.3. The molecule has 0 unspecified atom stereocenters. The van der Waals surface area contributed by atoms with Crippen molar-refractivity contribution in [3.05, 3.63) is 63.6 Å². The SMILES string of the molecule is [2H][13C]([2H])([2H])N1C(=O)CN=C(c2ccccc2Cl)c2cc(Cl)ccc21. The summed E-state index contributed by atoms with van der Waals surface area (Å²) < 4.78 is 23.0. The number of aliphatic imine (C=N–C) groups is 1. The molecule has 2 aromatic rings. The normalized spacial score (nSPS) is 17.2. The second-order valence-corrected chi connectivity index (χ2v) is 5.38. The topological polar surface area (TPSA) is 32.7 Å². The third-order valence-corrected chi connectivity index (χ3v) is 3.77. The quantitative estimate of drug-likeness (QED) is 0.735. The molecule has 3 nitrogen and oxygen atoms in total. The van der Waals surface area contributed by atoms with Crippen molar-refractivity contribution < 1.29 is 8.91 Å². The number of halogens is 2. The third kappa shape index (κ3) is 2.55. The van der Waals surface area contributed by atoms with E-state index in [1.807, 2.05) is 0 Å². The van der Waals surface area contributed by atoms with Crippen LogP contribution in [0.2, 0.25) is 10.0 Å². The molecule has 0 bridgehead atoms. The first-order valence-corrected chi connectivity index (χ1v) is 6.97. The van der Waals surface area contributed by atoms with E-state index in [9.17, 15) is 4.79 Å². The molecule has 106 valence electrons. The Balaban J connectivity index is 2.28. The fourth-order valence-corrected chi connectivity index (χ4v) is 2.61. The summed E-state index contributed by atoms with van der Waals surface area (Å²) in [7, 11) is 0. The van der Waals surface area contributed by atoms with Gasteiger partial charge in [-0.25, -0.2) is 0 Å². The molecule has 0 aromatic heterocycles. The minimum atomic E-state index is -2.62. The van der Waals surface area contributed by atoms with Gasteiger partial charge in [-0.05, 0) is 24.3 Å². The van der Waals surface area contributed by atoms with Gasteiger partial charge < -0.3 is 4.90 Å². The predicted molar refractivity (Wildman–Crippen MR) is 86.8 cm³/mol. The van der Waals surface area contributed by atoms with Crippen molar-refractivity contribution >= 4 is 40.5 Å². The lowest BCUT2D eigenvalue weighted by Gasteiger charge is -2.18. The molecular weight excluding hydrogens is 308 g/mol. The zero-order chi connectivity index (χ0) is 17.5. The lowest BCUT2D eigenvalue weighted by atomic mass is 10.0. The van der Waals surface area contributed by atoms with E-state index in [1.54, 1.807) is 36.4 Å². The molecule has 1 amide bonds. The zero-order valence-electron chi connectivity index (χ0n) is 13.8. The molecule has 1 aliphatic rings. The molecule has 3 rings (SSSR count). The molecular formula is C16H12Cl2N2O. The van der Waals surface area contributed by atoms with E-state index in [4.69, 9.17) is 27.3 Å². The Morgan fingerprint density at radius 1 is 1.19 bits per heavy atom. The fourth-order valence-electron chi connectivity index (χ4n) is 2.21. The lowest BCUT2D eigenvalue weighted by Crippen LogP contribution is -2.27. The van der Waals surface area contributed by atoms with Gasteiger partial charge >= 0.3 is 0 Å². The summed E-state index contributed by atoms with van der Waals surface area (Å²) in [6, 6.07) is 11.7. The van der Waals surface area contributed by atoms with Crippen molar-refractivity contribution in [1.29, 1.82) is 0 Å². The average molecular weight is 323 g/mol. The molecule has 1 aliphatic heterocycles. The number of benzene rings is 2. The number of carbonyl (C=O) groups is 1. The summed E-state index contributed by atoms with van der Waals surface area (Å²) in [6.07, 6.45) is 0. The second-order valence-electron chi connectivity index (χ2n) is 4.54. The molecule has 0 atom stereocenters. The van der Waals surface area contributed by atoms with E-state index in [2.05, 4.69) is 4.99 Å². The number of nitrogens with zero attached hydrogens (tertiary/aromatic N) is 2. The Bertz CT molecular complexity index is 849. The van der Waals surface area contributed by atoms with Gasteiger partial charge in [-0.2, -0.15) is 0 Å². The largest absolute Gasteiger partial charge is 0.313 e. The van der Waals surface area contributed by atoms with Gasteiger partial charge in [0, 0.05) is 32.3 Å². The molecule has 0 saturated heterocycles. The fraction of sp³-hybridized carbons (Fsp3) is 0.125. The molecule has 0 radical (unpaired) electrons. The van der Waals surface area contributed by atoms with E-state index in [-0.39, 0.29) is 12.2 Å². The maximum absolute atomic E-state index is 12.4. The van der Waals surface area contributed by atoms with Crippen molar-refractivity contribution in [1.82, 2.24) is 0 Å². The maximum Gasteiger partial charge on any atom is 0.248 e. The number of benzodiazepines with no additional fused rings is 1. The molecule has 5 heteroatoms. The van der Waals surface area contributed by atoms with Crippen molar-refractivity contribution in [2.45, 2.75) is 0 Å². The molecule has 21 heavy (non-hydrogen) atoms. The Labute approximate surface area is 137 Å². The highest BCUT2D eigenvalue weighted by Crippen LogP contribution is 2.30. The van der Waals surface area contributed by atoms with Gasteiger partial charge in [-0.3, -0.25) is 9.79 Å². The van der Waals surface area contributed by atoms with Crippen LogP contribution < -0.4 is 4.90 Å². The van der Waals surface area contributed by atoms with E-state index in [1.165, 1.54) is 6.07 Å². The highest BCUT2D eigenvalue weighted by molar-refractivity contribution is 6.36. The monoisotopic (exact) mass is 322 g/mol. The van der Waals surface area contributed by atoms with Crippen LogP contribution in [0.4, 0.5) is 5.69 Å². The zero-order valence-corrected chi connectivity index (χ0v) is 12.3. The number of rotatable bonds is 1. The number of anilines is 1. The van der Waals surface area contributed by atoms with Crippen LogP contribution in [-0.2, 0) is 4.79 Å². The maximum atomic E-state index is 12.4. The Morgan fingerprint density at radius 2 is 2.00 bits per heavy atom.